The zero-order valence-corrected chi connectivity index (χ0v) is 16.1. The summed E-state index contributed by atoms with van der Waals surface area (Å²) in [7, 11) is 0. The van der Waals surface area contributed by atoms with Crippen molar-refractivity contribution in [3.63, 3.8) is 0 Å². The highest BCUT2D eigenvalue weighted by molar-refractivity contribution is 5.91. The predicted molar refractivity (Wildman–Crippen MR) is 106 cm³/mol. The Hall–Kier alpha value is -3.23. The Labute approximate surface area is 171 Å². The first kappa shape index (κ1) is 21.5. The van der Waals surface area contributed by atoms with Crippen molar-refractivity contribution in [1.82, 2.24) is 10.2 Å². The van der Waals surface area contributed by atoms with Gasteiger partial charge in [-0.15, -0.1) is 0 Å². The van der Waals surface area contributed by atoms with E-state index in [2.05, 4.69) is 10.6 Å². The second-order valence-electron chi connectivity index (χ2n) is 7.03. The number of nitrogens with one attached hydrogen (secondary N) is 2. The number of carbonyl (C=O) groups excluding carboxylic acids is 2. The summed E-state index contributed by atoms with van der Waals surface area (Å²) < 4.78 is 43.4. The maximum Gasteiger partial charge on any atom is 0.416 e. The van der Waals surface area contributed by atoms with Crippen LogP contribution in [0, 0.1) is 5.92 Å². The number of likely N-dealkylation sites (tertiary alicyclic amines) is 1. The van der Waals surface area contributed by atoms with Crippen molar-refractivity contribution in [2.75, 3.05) is 25.0 Å². The van der Waals surface area contributed by atoms with Gasteiger partial charge in [0.2, 0.25) is 5.91 Å². The summed E-state index contributed by atoms with van der Waals surface area (Å²) in [5, 5.41) is 5.10. The maximum atomic E-state index is 12.7. The van der Waals surface area contributed by atoms with Crippen LogP contribution < -0.4 is 10.6 Å². The Balaban J connectivity index is 1.40. The van der Waals surface area contributed by atoms with Gasteiger partial charge in [0, 0.05) is 31.4 Å². The van der Waals surface area contributed by atoms with E-state index in [1.807, 2.05) is 0 Å². The van der Waals surface area contributed by atoms with Gasteiger partial charge < -0.3 is 20.0 Å². The number of amides is 3. The fourth-order valence-electron chi connectivity index (χ4n) is 3.19. The van der Waals surface area contributed by atoms with E-state index in [1.54, 1.807) is 23.1 Å². The number of halogens is 3. The number of urea groups is 1. The Morgan fingerprint density at radius 2 is 1.93 bits per heavy atom. The summed E-state index contributed by atoms with van der Waals surface area (Å²) in [5.41, 5.74) is -0.746. The van der Waals surface area contributed by atoms with Gasteiger partial charge in [-0.05, 0) is 55.2 Å². The van der Waals surface area contributed by atoms with Gasteiger partial charge in [0.1, 0.15) is 5.76 Å². The minimum absolute atomic E-state index is 0.0751. The molecule has 3 rings (SSSR count). The third kappa shape index (κ3) is 6.13. The normalized spacial score (nSPS) is 15.4. The molecule has 1 aromatic carbocycles. The van der Waals surface area contributed by atoms with Crippen LogP contribution in [-0.2, 0) is 11.0 Å². The van der Waals surface area contributed by atoms with Gasteiger partial charge in [0.05, 0.1) is 11.8 Å². The molecule has 6 nitrogen and oxygen atoms in total. The van der Waals surface area contributed by atoms with Gasteiger partial charge in [-0.25, -0.2) is 4.79 Å². The molecule has 1 aliphatic heterocycles. The van der Waals surface area contributed by atoms with Crippen LogP contribution in [0.4, 0.5) is 23.7 Å². The van der Waals surface area contributed by atoms with Crippen LogP contribution in [0.3, 0.4) is 0 Å². The second kappa shape index (κ2) is 9.51. The van der Waals surface area contributed by atoms with Crippen molar-refractivity contribution in [2.24, 2.45) is 5.92 Å². The lowest BCUT2D eigenvalue weighted by Crippen LogP contribution is -2.41. The predicted octanol–water partition coefficient (Wildman–Crippen LogP) is 4.37. The summed E-state index contributed by atoms with van der Waals surface area (Å²) in [6, 6.07) is 7.41. The molecule has 0 spiro atoms. The molecule has 2 heterocycles. The lowest BCUT2D eigenvalue weighted by molar-refractivity contribution is -0.137. The van der Waals surface area contributed by atoms with E-state index in [1.165, 1.54) is 24.5 Å². The number of furan rings is 1. The maximum absolute atomic E-state index is 12.7. The minimum Gasteiger partial charge on any atom is -0.465 e. The van der Waals surface area contributed by atoms with E-state index in [4.69, 9.17) is 4.42 Å². The number of alkyl halides is 3. The molecule has 2 N–H and O–H groups in total. The molecule has 0 unspecified atom stereocenters. The third-order valence-electron chi connectivity index (χ3n) is 4.86. The van der Waals surface area contributed by atoms with Crippen LogP contribution >= 0.6 is 0 Å². The molecule has 0 saturated carbocycles. The Kier molecular flexibility index (Phi) is 6.81. The summed E-state index contributed by atoms with van der Waals surface area (Å²) in [4.78, 5) is 25.9. The first-order valence-electron chi connectivity index (χ1n) is 9.54. The molecule has 2 aromatic rings. The van der Waals surface area contributed by atoms with Crippen molar-refractivity contribution in [3.8, 4) is 0 Å². The molecule has 1 fully saturated rings. The highest BCUT2D eigenvalue weighted by Crippen LogP contribution is 2.30. The standard InChI is InChI=1S/C21H22F3N3O3/c22-21(23,24)16-3-1-4-17(13-16)26-20(29)25-14-15-8-10-27(11-9-15)19(28)7-6-18-5-2-12-30-18/h1-7,12-13,15H,8-11,14H2,(H2,25,26,29)/b7-6+. The number of hydrogen-bond donors (Lipinski definition) is 2. The average Bonchev–Trinajstić information content (AvgIpc) is 3.24. The van der Waals surface area contributed by atoms with Crippen LogP contribution in [0.1, 0.15) is 24.2 Å². The second-order valence-corrected chi connectivity index (χ2v) is 7.03. The van der Waals surface area contributed by atoms with Crippen LogP contribution in [0.25, 0.3) is 6.08 Å². The van der Waals surface area contributed by atoms with Crippen LogP contribution in [-0.4, -0.2) is 36.5 Å². The number of carbonyl (C=O) groups is 2. The number of benzene rings is 1. The summed E-state index contributed by atoms with van der Waals surface area (Å²) >= 11 is 0. The van der Waals surface area contributed by atoms with E-state index in [9.17, 15) is 22.8 Å². The SMILES string of the molecule is O=C(NCC1CCN(C(=O)/C=C/c2ccco2)CC1)Nc1cccc(C(F)(F)F)c1. The number of rotatable bonds is 5. The monoisotopic (exact) mass is 421 g/mol. The zero-order chi connectivity index (χ0) is 21.6. The van der Waals surface area contributed by atoms with Gasteiger partial charge in [-0.3, -0.25) is 4.79 Å². The molecular formula is C21H22F3N3O3. The smallest absolute Gasteiger partial charge is 0.416 e. The number of hydrogen-bond acceptors (Lipinski definition) is 3. The molecule has 30 heavy (non-hydrogen) atoms. The van der Waals surface area contributed by atoms with E-state index in [-0.39, 0.29) is 17.5 Å². The topological polar surface area (TPSA) is 74.6 Å². The Bertz CT molecular complexity index is 886. The van der Waals surface area contributed by atoms with Gasteiger partial charge in [-0.1, -0.05) is 6.07 Å². The van der Waals surface area contributed by atoms with Crippen LogP contribution in [0.2, 0.25) is 0 Å². The van der Waals surface area contributed by atoms with Gasteiger partial charge >= 0.3 is 12.2 Å². The molecule has 1 aromatic heterocycles. The van der Waals surface area contributed by atoms with Gasteiger partial charge in [0.15, 0.2) is 0 Å². The molecular weight excluding hydrogens is 399 g/mol. The molecule has 0 bridgehead atoms. The first-order valence-corrected chi connectivity index (χ1v) is 9.54. The van der Waals surface area contributed by atoms with Crippen molar-refractivity contribution in [3.05, 3.63) is 60.1 Å². The van der Waals surface area contributed by atoms with Crippen molar-refractivity contribution in [2.45, 2.75) is 19.0 Å². The van der Waals surface area contributed by atoms with E-state index in [0.717, 1.165) is 25.0 Å². The number of piperidine rings is 1. The van der Waals surface area contributed by atoms with Gasteiger partial charge in [-0.2, -0.15) is 13.2 Å². The van der Waals surface area contributed by atoms with Crippen molar-refractivity contribution >= 4 is 23.7 Å². The molecule has 3 amide bonds. The summed E-state index contributed by atoms with van der Waals surface area (Å²) in [6.07, 6.45) is 1.61. The quantitative estimate of drug-likeness (QED) is 0.704. The van der Waals surface area contributed by atoms with Crippen LogP contribution in [0.15, 0.2) is 53.2 Å². The van der Waals surface area contributed by atoms with E-state index in [0.29, 0.717) is 25.4 Å². The van der Waals surface area contributed by atoms with Gasteiger partial charge in [0.25, 0.3) is 0 Å². The third-order valence-corrected chi connectivity index (χ3v) is 4.86. The fourth-order valence-corrected chi connectivity index (χ4v) is 3.19. The molecule has 0 atom stereocenters. The van der Waals surface area contributed by atoms with Crippen molar-refractivity contribution in [1.29, 1.82) is 0 Å². The molecule has 0 aliphatic carbocycles. The molecule has 9 heteroatoms. The molecule has 1 aliphatic rings. The highest BCUT2D eigenvalue weighted by Gasteiger charge is 2.30. The molecule has 0 radical (unpaired) electrons. The highest BCUT2D eigenvalue weighted by atomic mass is 19.4. The number of nitrogens with zero attached hydrogens (tertiary/aromatic N) is 1. The zero-order valence-electron chi connectivity index (χ0n) is 16.1. The Morgan fingerprint density at radius 3 is 2.60 bits per heavy atom. The lowest BCUT2D eigenvalue weighted by atomic mass is 9.97. The summed E-state index contributed by atoms with van der Waals surface area (Å²) in [5.74, 6) is 0.699. The minimum atomic E-state index is -4.47. The summed E-state index contributed by atoms with van der Waals surface area (Å²) in [6.45, 7) is 1.53. The lowest BCUT2D eigenvalue weighted by Gasteiger charge is -2.31. The van der Waals surface area contributed by atoms with Crippen LogP contribution in [0.5, 0.6) is 0 Å². The van der Waals surface area contributed by atoms with E-state index >= 15 is 0 Å². The van der Waals surface area contributed by atoms with E-state index < -0.39 is 17.8 Å². The first-order chi connectivity index (χ1) is 14.3. The molecule has 160 valence electrons. The fraction of sp³-hybridized carbons (Fsp3) is 0.333. The van der Waals surface area contributed by atoms with Crippen molar-refractivity contribution < 1.29 is 27.2 Å². The average molecular weight is 421 g/mol. The Morgan fingerprint density at radius 1 is 1.17 bits per heavy atom. The molecule has 1 saturated heterocycles. The number of anilines is 1. The largest absolute Gasteiger partial charge is 0.465 e.